The van der Waals surface area contributed by atoms with E-state index in [1.807, 2.05) is 72.8 Å². The van der Waals surface area contributed by atoms with Crippen molar-refractivity contribution in [2.45, 2.75) is 6.54 Å². The van der Waals surface area contributed by atoms with Crippen LogP contribution in [0.1, 0.15) is 15.9 Å². The fraction of sp³-hybridized carbons (Fsp3) is 0.0909. The number of benzene rings is 3. The maximum atomic E-state index is 12.2. The second-order valence-corrected chi connectivity index (χ2v) is 5.89. The molecule has 0 bridgehead atoms. The molecule has 0 fully saturated rings. The molecule has 0 radical (unpaired) electrons. The molecule has 0 atom stereocenters. The summed E-state index contributed by atoms with van der Waals surface area (Å²) in [6, 6.07) is 26.9. The third kappa shape index (κ3) is 4.80. The summed E-state index contributed by atoms with van der Waals surface area (Å²) in [6.07, 6.45) is 0. The molecule has 0 aromatic heterocycles. The molecule has 0 aliphatic heterocycles. The average Bonchev–Trinajstić information content (AvgIpc) is 2.72. The molecule has 0 saturated carbocycles. The highest BCUT2D eigenvalue weighted by atomic mass is 16.2. The standard InChI is InChI=1S/C22H20N2O2/c25-21(23-15-17-7-3-1-4-8-17)16-24-22(26)20-13-11-19(12-14-20)18-9-5-2-6-10-18/h1-14H,15-16H2,(H,23,25)(H,24,26). The number of nitrogens with one attached hydrogen (secondary N) is 2. The molecule has 3 aromatic carbocycles. The Hall–Kier alpha value is -3.40. The van der Waals surface area contributed by atoms with Crippen molar-refractivity contribution in [1.82, 2.24) is 10.6 Å². The summed E-state index contributed by atoms with van der Waals surface area (Å²) >= 11 is 0. The van der Waals surface area contributed by atoms with E-state index in [0.29, 0.717) is 12.1 Å². The van der Waals surface area contributed by atoms with Crippen molar-refractivity contribution in [1.29, 1.82) is 0 Å². The van der Waals surface area contributed by atoms with E-state index in [1.165, 1.54) is 0 Å². The normalized spacial score (nSPS) is 10.2. The van der Waals surface area contributed by atoms with E-state index in [4.69, 9.17) is 0 Å². The molecule has 0 spiro atoms. The zero-order valence-electron chi connectivity index (χ0n) is 14.3. The lowest BCUT2D eigenvalue weighted by Crippen LogP contribution is -2.36. The van der Waals surface area contributed by atoms with Crippen molar-refractivity contribution in [3.05, 3.63) is 96.1 Å². The first kappa shape index (κ1) is 17.4. The van der Waals surface area contributed by atoms with Gasteiger partial charge in [-0.3, -0.25) is 9.59 Å². The van der Waals surface area contributed by atoms with Gasteiger partial charge in [0.15, 0.2) is 0 Å². The third-order valence-corrected chi connectivity index (χ3v) is 4.00. The van der Waals surface area contributed by atoms with Crippen molar-refractivity contribution in [2.75, 3.05) is 6.54 Å². The predicted octanol–water partition coefficient (Wildman–Crippen LogP) is 3.40. The van der Waals surface area contributed by atoms with Gasteiger partial charge >= 0.3 is 0 Å². The molecule has 2 N–H and O–H groups in total. The molecule has 3 aromatic rings. The van der Waals surface area contributed by atoms with E-state index >= 15 is 0 Å². The highest BCUT2D eigenvalue weighted by Crippen LogP contribution is 2.19. The van der Waals surface area contributed by atoms with Gasteiger partial charge in [-0.05, 0) is 28.8 Å². The molecule has 0 heterocycles. The lowest BCUT2D eigenvalue weighted by Gasteiger charge is -2.08. The zero-order chi connectivity index (χ0) is 18.2. The Morgan fingerprint density at radius 3 is 1.88 bits per heavy atom. The van der Waals surface area contributed by atoms with Crippen LogP contribution in [0.5, 0.6) is 0 Å². The largest absolute Gasteiger partial charge is 0.350 e. The van der Waals surface area contributed by atoms with Crippen LogP contribution in [0.15, 0.2) is 84.9 Å². The van der Waals surface area contributed by atoms with Crippen LogP contribution < -0.4 is 10.6 Å². The van der Waals surface area contributed by atoms with Crippen molar-refractivity contribution in [3.63, 3.8) is 0 Å². The first-order chi connectivity index (χ1) is 12.7. The van der Waals surface area contributed by atoms with Crippen LogP contribution in [-0.4, -0.2) is 18.4 Å². The Kier molecular flexibility index (Phi) is 5.78. The quantitative estimate of drug-likeness (QED) is 0.720. The van der Waals surface area contributed by atoms with Crippen LogP contribution in [0.25, 0.3) is 11.1 Å². The number of amides is 2. The molecule has 2 amide bonds. The minimum atomic E-state index is -0.264. The van der Waals surface area contributed by atoms with Gasteiger partial charge in [0, 0.05) is 12.1 Å². The summed E-state index contributed by atoms with van der Waals surface area (Å²) in [5.41, 5.74) is 3.69. The summed E-state index contributed by atoms with van der Waals surface area (Å²) in [4.78, 5) is 24.0. The van der Waals surface area contributed by atoms with Gasteiger partial charge in [0.1, 0.15) is 0 Å². The highest BCUT2D eigenvalue weighted by molar-refractivity contribution is 5.96. The summed E-state index contributed by atoms with van der Waals surface area (Å²) in [7, 11) is 0. The van der Waals surface area contributed by atoms with Gasteiger partial charge in [-0.2, -0.15) is 0 Å². The van der Waals surface area contributed by atoms with Crippen LogP contribution in [0.4, 0.5) is 0 Å². The Bertz CT molecular complexity index is 860. The summed E-state index contributed by atoms with van der Waals surface area (Å²) in [5, 5.41) is 5.43. The van der Waals surface area contributed by atoms with Crippen LogP contribution in [0, 0.1) is 0 Å². The minimum absolute atomic E-state index is 0.0495. The predicted molar refractivity (Wildman–Crippen MR) is 102 cm³/mol. The first-order valence-corrected chi connectivity index (χ1v) is 8.47. The van der Waals surface area contributed by atoms with Crippen molar-refractivity contribution in [2.24, 2.45) is 0 Å². The van der Waals surface area contributed by atoms with E-state index in [0.717, 1.165) is 16.7 Å². The smallest absolute Gasteiger partial charge is 0.251 e. The van der Waals surface area contributed by atoms with Crippen molar-refractivity contribution < 1.29 is 9.59 Å². The van der Waals surface area contributed by atoms with Crippen LogP contribution in [-0.2, 0) is 11.3 Å². The number of hydrogen-bond donors (Lipinski definition) is 2. The molecular weight excluding hydrogens is 324 g/mol. The Morgan fingerprint density at radius 2 is 1.23 bits per heavy atom. The number of hydrogen-bond acceptors (Lipinski definition) is 2. The summed E-state index contributed by atoms with van der Waals surface area (Å²) in [6.45, 7) is 0.396. The number of carbonyl (C=O) groups is 2. The molecule has 26 heavy (non-hydrogen) atoms. The number of carbonyl (C=O) groups excluding carboxylic acids is 2. The second-order valence-electron chi connectivity index (χ2n) is 5.89. The van der Waals surface area contributed by atoms with Crippen molar-refractivity contribution in [3.8, 4) is 11.1 Å². The topological polar surface area (TPSA) is 58.2 Å². The molecular formula is C22H20N2O2. The lowest BCUT2D eigenvalue weighted by molar-refractivity contribution is -0.120. The molecule has 4 heteroatoms. The Balaban J connectivity index is 1.49. The Labute approximate surface area is 152 Å². The molecule has 3 rings (SSSR count). The SMILES string of the molecule is O=C(CNC(=O)c1ccc(-c2ccccc2)cc1)NCc1ccccc1. The van der Waals surface area contributed by atoms with E-state index < -0.39 is 0 Å². The molecule has 0 saturated heterocycles. The van der Waals surface area contributed by atoms with Crippen LogP contribution >= 0.6 is 0 Å². The molecule has 0 aliphatic carbocycles. The van der Waals surface area contributed by atoms with Gasteiger partial charge in [0.05, 0.1) is 6.54 Å². The summed E-state index contributed by atoms with van der Waals surface area (Å²) < 4.78 is 0. The van der Waals surface area contributed by atoms with Crippen LogP contribution in [0.3, 0.4) is 0 Å². The molecule has 4 nitrogen and oxygen atoms in total. The van der Waals surface area contributed by atoms with E-state index in [9.17, 15) is 9.59 Å². The maximum absolute atomic E-state index is 12.2. The minimum Gasteiger partial charge on any atom is -0.350 e. The van der Waals surface area contributed by atoms with Gasteiger partial charge in [-0.25, -0.2) is 0 Å². The van der Waals surface area contributed by atoms with Gasteiger partial charge in [0.2, 0.25) is 5.91 Å². The fourth-order valence-electron chi connectivity index (χ4n) is 2.57. The van der Waals surface area contributed by atoms with Crippen LogP contribution in [0.2, 0.25) is 0 Å². The first-order valence-electron chi connectivity index (χ1n) is 8.47. The van der Waals surface area contributed by atoms with E-state index in [-0.39, 0.29) is 18.4 Å². The van der Waals surface area contributed by atoms with E-state index in [1.54, 1.807) is 12.1 Å². The molecule has 130 valence electrons. The van der Waals surface area contributed by atoms with Gasteiger partial charge < -0.3 is 10.6 Å². The zero-order valence-corrected chi connectivity index (χ0v) is 14.3. The highest BCUT2D eigenvalue weighted by Gasteiger charge is 2.08. The molecule has 0 aliphatic rings. The average molecular weight is 344 g/mol. The summed E-state index contributed by atoms with van der Waals surface area (Å²) in [5.74, 6) is -0.484. The van der Waals surface area contributed by atoms with Gasteiger partial charge in [-0.1, -0.05) is 72.8 Å². The Morgan fingerprint density at radius 1 is 0.654 bits per heavy atom. The number of rotatable bonds is 6. The molecule has 0 unspecified atom stereocenters. The second kappa shape index (κ2) is 8.62. The monoisotopic (exact) mass is 344 g/mol. The maximum Gasteiger partial charge on any atom is 0.251 e. The fourth-order valence-corrected chi connectivity index (χ4v) is 2.57. The van der Waals surface area contributed by atoms with Gasteiger partial charge in [-0.15, -0.1) is 0 Å². The van der Waals surface area contributed by atoms with E-state index in [2.05, 4.69) is 10.6 Å². The van der Waals surface area contributed by atoms with Gasteiger partial charge in [0.25, 0.3) is 5.91 Å². The van der Waals surface area contributed by atoms with Crippen molar-refractivity contribution >= 4 is 11.8 Å². The third-order valence-electron chi connectivity index (χ3n) is 4.00. The lowest BCUT2D eigenvalue weighted by atomic mass is 10.0.